The molecule has 13 heavy (non-hydrogen) atoms. The van der Waals surface area contributed by atoms with Crippen LogP contribution in [0.2, 0.25) is 0 Å². The van der Waals surface area contributed by atoms with E-state index in [-0.39, 0.29) is 0 Å². The average Bonchev–Trinajstić information content (AvgIpc) is 2.11. The number of allylic oxidation sites excluding steroid dienone is 3. The minimum Gasteiger partial charge on any atom is -0.306 e. The van der Waals surface area contributed by atoms with Gasteiger partial charge in [0.15, 0.2) is 0 Å². The van der Waals surface area contributed by atoms with Gasteiger partial charge in [-0.15, -0.1) is 0 Å². The Morgan fingerprint density at radius 1 is 1.31 bits per heavy atom. The molecule has 0 saturated heterocycles. The molecule has 0 aromatic rings. The van der Waals surface area contributed by atoms with Gasteiger partial charge in [0.1, 0.15) is 0 Å². The van der Waals surface area contributed by atoms with Gasteiger partial charge in [0, 0.05) is 6.54 Å². The van der Waals surface area contributed by atoms with Crippen molar-refractivity contribution in [3.8, 4) is 0 Å². The fourth-order valence-corrected chi connectivity index (χ4v) is 1.17. The zero-order valence-corrected chi connectivity index (χ0v) is 9.72. The van der Waals surface area contributed by atoms with Crippen molar-refractivity contribution in [3.05, 3.63) is 23.3 Å². The lowest BCUT2D eigenvalue weighted by Crippen LogP contribution is -2.19. The molecule has 0 aliphatic rings. The van der Waals surface area contributed by atoms with Gasteiger partial charge < -0.3 is 4.90 Å². The van der Waals surface area contributed by atoms with E-state index in [9.17, 15) is 0 Å². The summed E-state index contributed by atoms with van der Waals surface area (Å²) in [7, 11) is 2.16. The first-order chi connectivity index (χ1) is 6.11. The van der Waals surface area contributed by atoms with Gasteiger partial charge in [0.25, 0.3) is 0 Å². The average molecular weight is 181 g/mol. The molecule has 0 spiro atoms. The summed E-state index contributed by atoms with van der Waals surface area (Å²) < 4.78 is 0. The van der Waals surface area contributed by atoms with Crippen molar-refractivity contribution >= 4 is 0 Å². The van der Waals surface area contributed by atoms with Crippen molar-refractivity contribution in [3.63, 3.8) is 0 Å². The van der Waals surface area contributed by atoms with Crippen LogP contribution in [-0.2, 0) is 0 Å². The van der Waals surface area contributed by atoms with Gasteiger partial charge in [-0.25, -0.2) is 0 Å². The molecule has 0 aliphatic heterocycles. The third kappa shape index (κ3) is 5.64. The summed E-state index contributed by atoms with van der Waals surface area (Å²) in [4.78, 5) is 2.34. The van der Waals surface area contributed by atoms with Crippen LogP contribution in [0.4, 0.5) is 0 Å². The van der Waals surface area contributed by atoms with Crippen LogP contribution in [0.25, 0.3) is 0 Å². The van der Waals surface area contributed by atoms with E-state index in [1.807, 2.05) is 0 Å². The molecular weight excluding hydrogens is 158 g/mol. The Bertz CT molecular complexity index is 185. The second-order valence-corrected chi connectivity index (χ2v) is 3.67. The Kier molecular flexibility index (Phi) is 6.61. The maximum absolute atomic E-state index is 2.34. The number of hydrogen-bond donors (Lipinski definition) is 0. The summed E-state index contributed by atoms with van der Waals surface area (Å²) in [6.45, 7) is 10.9. The Labute approximate surface area is 83.1 Å². The first kappa shape index (κ1) is 12.4. The second kappa shape index (κ2) is 6.90. The maximum Gasteiger partial charge on any atom is 0.00186 e. The van der Waals surface area contributed by atoms with Gasteiger partial charge in [-0.3, -0.25) is 0 Å². The molecular formula is C12H23N. The molecule has 0 aliphatic carbocycles. The van der Waals surface area contributed by atoms with Gasteiger partial charge >= 0.3 is 0 Å². The zero-order valence-electron chi connectivity index (χ0n) is 9.72. The Balaban J connectivity index is 4.07. The molecule has 0 bridgehead atoms. The van der Waals surface area contributed by atoms with Crippen LogP contribution in [0.1, 0.15) is 34.1 Å². The van der Waals surface area contributed by atoms with E-state index in [2.05, 4.69) is 51.8 Å². The molecule has 0 saturated carbocycles. The standard InChI is InChI=1S/C12H23N/c1-6-8-12(11(3)4)9-10-13(5)7-2/h6,8H,7,9-10H2,1-5H3/b8-6-. The topological polar surface area (TPSA) is 3.24 Å². The van der Waals surface area contributed by atoms with E-state index < -0.39 is 0 Å². The molecule has 0 aromatic carbocycles. The predicted octanol–water partition coefficient (Wildman–Crippen LogP) is 3.24. The van der Waals surface area contributed by atoms with Gasteiger partial charge in [0.05, 0.1) is 0 Å². The fourth-order valence-electron chi connectivity index (χ4n) is 1.17. The first-order valence-corrected chi connectivity index (χ1v) is 5.09. The highest BCUT2D eigenvalue weighted by Gasteiger charge is 1.98. The Hall–Kier alpha value is -0.560. The first-order valence-electron chi connectivity index (χ1n) is 5.09. The highest BCUT2D eigenvalue weighted by molar-refractivity contribution is 5.23. The molecule has 0 N–H and O–H groups in total. The van der Waals surface area contributed by atoms with Crippen molar-refractivity contribution in [2.45, 2.75) is 34.1 Å². The maximum atomic E-state index is 2.34. The van der Waals surface area contributed by atoms with Crippen LogP contribution in [-0.4, -0.2) is 25.0 Å². The van der Waals surface area contributed by atoms with Gasteiger partial charge in [-0.05, 0) is 46.4 Å². The Morgan fingerprint density at radius 3 is 2.31 bits per heavy atom. The lowest BCUT2D eigenvalue weighted by atomic mass is 10.1. The molecule has 76 valence electrons. The van der Waals surface area contributed by atoms with E-state index in [1.54, 1.807) is 0 Å². The summed E-state index contributed by atoms with van der Waals surface area (Å²) in [6.07, 6.45) is 5.50. The SMILES string of the molecule is C/C=C\C(CCN(C)CC)=C(C)C. The molecule has 1 nitrogen and oxygen atoms in total. The summed E-state index contributed by atoms with van der Waals surface area (Å²) in [6, 6.07) is 0. The highest BCUT2D eigenvalue weighted by atomic mass is 15.1. The molecule has 0 atom stereocenters. The summed E-state index contributed by atoms with van der Waals surface area (Å²) in [5.41, 5.74) is 2.91. The third-order valence-corrected chi connectivity index (χ3v) is 2.31. The third-order valence-electron chi connectivity index (χ3n) is 2.31. The van der Waals surface area contributed by atoms with E-state index in [0.717, 1.165) is 19.5 Å². The number of nitrogens with zero attached hydrogens (tertiary/aromatic N) is 1. The van der Waals surface area contributed by atoms with Crippen LogP contribution in [0.15, 0.2) is 23.3 Å². The molecule has 0 heterocycles. The van der Waals surface area contributed by atoms with E-state index >= 15 is 0 Å². The second-order valence-electron chi connectivity index (χ2n) is 3.67. The van der Waals surface area contributed by atoms with Crippen molar-refractivity contribution < 1.29 is 0 Å². The van der Waals surface area contributed by atoms with Crippen LogP contribution >= 0.6 is 0 Å². The quantitative estimate of drug-likeness (QED) is 0.589. The zero-order chi connectivity index (χ0) is 10.3. The Morgan fingerprint density at radius 2 is 1.92 bits per heavy atom. The minimum atomic E-state index is 1.13. The summed E-state index contributed by atoms with van der Waals surface area (Å²) in [5, 5.41) is 0. The van der Waals surface area contributed by atoms with Gasteiger partial charge in [0.2, 0.25) is 0 Å². The van der Waals surface area contributed by atoms with Crippen molar-refractivity contribution in [2.24, 2.45) is 0 Å². The van der Waals surface area contributed by atoms with E-state index in [1.165, 1.54) is 11.1 Å². The normalized spacial score (nSPS) is 11.2. The van der Waals surface area contributed by atoms with Crippen LogP contribution in [0.5, 0.6) is 0 Å². The minimum absolute atomic E-state index is 1.13. The molecule has 1 heteroatoms. The number of hydrogen-bond acceptors (Lipinski definition) is 1. The lowest BCUT2D eigenvalue weighted by Gasteiger charge is -2.14. The summed E-state index contributed by atoms with van der Waals surface area (Å²) >= 11 is 0. The molecule has 0 rings (SSSR count). The fraction of sp³-hybridized carbons (Fsp3) is 0.667. The molecule has 0 aromatic heterocycles. The van der Waals surface area contributed by atoms with Crippen molar-refractivity contribution in [2.75, 3.05) is 20.1 Å². The van der Waals surface area contributed by atoms with Crippen LogP contribution in [0, 0.1) is 0 Å². The lowest BCUT2D eigenvalue weighted by molar-refractivity contribution is 0.358. The molecule has 0 amide bonds. The van der Waals surface area contributed by atoms with E-state index in [4.69, 9.17) is 0 Å². The van der Waals surface area contributed by atoms with Crippen LogP contribution in [0.3, 0.4) is 0 Å². The molecule has 0 fully saturated rings. The number of rotatable bonds is 5. The van der Waals surface area contributed by atoms with Crippen molar-refractivity contribution in [1.29, 1.82) is 0 Å². The molecule has 0 unspecified atom stereocenters. The highest BCUT2D eigenvalue weighted by Crippen LogP contribution is 2.10. The van der Waals surface area contributed by atoms with Crippen molar-refractivity contribution in [1.82, 2.24) is 4.90 Å². The van der Waals surface area contributed by atoms with Crippen LogP contribution < -0.4 is 0 Å². The largest absolute Gasteiger partial charge is 0.306 e. The molecule has 0 radical (unpaired) electrons. The van der Waals surface area contributed by atoms with Gasteiger partial charge in [-0.1, -0.05) is 24.6 Å². The predicted molar refractivity (Wildman–Crippen MR) is 61.0 cm³/mol. The smallest absolute Gasteiger partial charge is 0.00186 e. The van der Waals surface area contributed by atoms with Gasteiger partial charge in [-0.2, -0.15) is 0 Å². The monoisotopic (exact) mass is 181 g/mol. The van der Waals surface area contributed by atoms with E-state index in [0.29, 0.717) is 0 Å². The summed E-state index contributed by atoms with van der Waals surface area (Å²) in [5.74, 6) is 0.